The second-order valence-electron chi connectivity index (χ2n) is 3.18. The number of rotatable bonds is 2. The smallest absolute Gasteiger partial charge is 0.354 e. The number of aliphatic hydroxyl groups excluding tert-OH is 1. The predicted octanol–water partition coefficient (Wildman–Crippen LogP) is -3.17. The maximum absolute atomic E-state index is 11.6. The molecule has 1 aliphatic rings. The van der Waals surface area contributed by atoms with Crippen LogP contribution in [0, 0.1) is 0 Å². The zero-order valence-corrected chi connectivity index (χ0v) is 8.31. The highest BCUT2D eigenvalue weighted by Gasteiger charge is 2.43. The summed E-state index contributed by atoms with van der Waals surface area (Å²) in [6, 6.07) is 0. The fourth-order valence-corrected chi connectivity index (χ4v) is 1.34. The van der Waals surface area contributed by atoms with Crippen LogP contribution in [0.1, 0.15) is 11.7 Å². The molecule has 1 aromatic heterocycles. The summed E-state index contributed by atoms with van der Waals surface area (Å²) in [6.45, 7) is -3.50. The van der Waals surface area contributed by atoms with Crippen LogP contribution >= 0.6 is 0 Å². The highest BCUT2D eigenvalue weighted by atomic mass is 16.6. The highest BCUT2D eigenvalue weighted by molar-refractivity contribution is 5.10. The molecule has 0 saturated carbocycles. The van der Waals surface area contributed by atoms with E-state index in [1.165, 1.54) is 0 Å². The summed E-state index contributed by atoms with van der Waals surface area (Å²) in [6.07, 6.45) is -9.85. The van der Waals surface area contributed by atoms with Crippen molar-refractivity contribution in [3.63, 3.8) is 0 Å². The van der Waals surface area contributed by atoms with Crippen molar-refractivity contribution in [3.8, 4) is 0 Å². The molecule has 9 heteroatoms. The van der Waals surface area contributed by atoms with E-state index in [1.807, 2.05) is 0 Å². The van der Waals surface area contributed by atoms with Crippen LogP contribution < -0.4 is 11.4 Å². The first kappa shape index (κ1) is 7.71. The molecule has 17 heavy (non-hydrogen) atoms. The molecule has 0 spiro atoms. The van der Waals surface area contributed by atoms with Crippen LogP contribution in [0.15, 0.2) is 11.1 Å². The van der Waals surface area contributed by atoms with Gasteiger partial charge in [0.05, 0.1) is 12.0 Å². The maximum atomic E-state index is 11.6. The van der Waals surface area contributed by atoms with E-state index in [4.69, 9.17) is 16.0 Å². The van der Waals surface area contributed by atoms with Gasteiger partial charge in [-0.05, 0) is 0 Å². The van der Waals surface area contributed by atoms with E-state index < -0.39 is 36.7 Å². The number of ether oxygens (including phenoxy) is 1. The number of nitrogen functional groups attached to an aromatic ring is 1. The van der Waals surface area contributed by atoms with Crippen molar-refractivity contribution in [3.05, 3.63) is 16.8 Å². The number of hydrogen-bond donors (Lipinski definition) is 4. The maximum Gasteiger partial charge on any atom is 0.354 e. The molecule has 1 unspecified atom stereocenters. The lowest BCUT2D eigenvalue weighted by Crippen LogP contribution is -2.36. The van der Waals surface area contributed by atoms with Crippen LogP contribution in [-0.2, 0) is 4.74 Å². The number of nitrogens with two attached hydrogens (primary N) is 1. The van der Waals surface area contributed by atoms with Crippen LogP contribution in [0.5, 0.6) is 0 Å². The van der Waals surface area contributed by atoms with Gasteiger partial charge in [-0.2, -0.15) is 4.98 Å². The fourth-order valence-electron chi connectivity index (χ4n) is 1.34. The molecule has 1 saturated heterocycles. The van der Waals surface area contributed by atoms with Gasteiger partial charge < -0.3 is 25.8 Å². The molecule has 9 nitrogen and oxygen atoms in total. The number of anilines is 1. The molecule has 2 rings (SSSR count). The van der Waals surface area contributed by atoms with Crippen molar-refractivity contribution in [2.45, 2.75) is 24.5 Å². The molecule has 1 fully saturated rings. The van der Waals surface area contributed by atoms with E-state index in [1.54, 1.807) is 0 Å². The Labute approximate surface area is 101 Å². The average molecular weight is 248 g/mol. The first-order valence-electron chi connectivity index (χ1n) is 6.43. The first-order chi connectivity index (χ1) is 9.42. The lowest BCUT2D eigenvalue weighted by molar-refractivity contribution is -0.0554. The first-order valence-corrected chi connectivity index (χ1v) is 4.43. The zero-order chi connectivity index (χ0) is 16.2. The van der Waals surface area contributed by atoms with Gasteiger partial charge in [-0.25, -0.2) is 9.78 Å². The largest absolute Gasteiger partial charge is 0.394 e. The quantitative estimate of drug-likeness (QED) is 0.429. The third kappa shape index (κ3) is 2.00. The van der Waals surface area contributed by atoms with E-state index in [2.05, 4.69) is 9.97 Å². The van der Waals surface area contributed by atoms with Gasteiger partial charge in [0.2, 0.25) is 5.95 Å². The van der Waals surface area contributed by atoms with Gasteiger partial charge in [0.15, 0.2) is 6.23 Å². The number of nitrogens with zero attached hydrogens (tertiary/aromatic N) is 3. The van der Waals surface area contributed by atoms with Crippen molar-refractivity contribution in [1.82, 2.24) is 14.5 Å². The van der Waals surface area contributed by atoms with Gasteiger partial charge >= 0.3 is 5.69 Å². The summed E-state index contributed by atoms with van der Waals surface area (Å²) in [5.74, 6) is -0.375. The monoisotopic (exact) mass is 248 g/mol. The molecular formula is C8H12N4O5. The Hall–Kier alpha value is -1.55. The van der Waals surface area contributed by atoms with Crippen LogP contribution in [0.2, 0.25) is 0 Å². The lowest BCUT2D eigenvalue weighted by atomic mass is 10.1. The minimum atomic E-state index is -3.50. The van der Waals surface area contributed by atoms with Crippen molar-refractivity contribution in [2.75, 3.05) is 12.3 Å². The molecule has 0 aliphatic carbocycles. The number of aromatic nitrogens is 3. The predicted molar refractivity (Wildman–Crippen MR) is 53.7 cm³/mol. The second kappa shape index (κ2) is 4.37. The van der Waals surface area contributed by atoms with Crippen LogP contribution in [0.4, 0.5) is 5.95 Å². The standard InChI is InChI=1S/C8H12N4O5/c9-7-10-2-12(8(16)11-7)6-5(15)4(14)3(1-13)17-6/h2-6,13-15H,1H2,(H2,9,11,16)/t3-,4?,5+,6-/m1/s1/i1D2,3D,4D. The van der Waals surface area contributed by atoms with Crippen LogP contribution in [0.3, 0.4) is 0 Å². The van der Waals surface area contributed by atoms with Gasteiger partial charge in [-0.15, -0.1) is 0 Å². The van der Waals surface area contributed by atoms with Gasteiger partial charge in [-0.3, -0.25) is 4.57 Å². The average Bonchev–Trinajstić information content (AvgIpc) is 2.50. The van der Waals surface area contributed by atoms with Crippen molar-refractivity contribution in [2.24, 2.45) is 0 Å². The number of aliphatic hydroxyl groups is 3. The summed E-state index contributed by atoms with van der Waals surface area (Å²) in [5, 5.41) is 29.0. The summed E-state index contributed by atoms with van der Waals surface area (Å²) in [7, 11) is 0. The molecular weight excluding hydrogens is 232 g/mol. The summed E-state index contributed by atoms with van der Waals surface area (Å²) in [5.41, 5.74) is 4.11. The van der Waals surface area contributed by atoms with Gasteiger partial charge in [-0.1, -0.05) is 0 Å². The Kier molecular flexibility index (Phi) is 1.98. The van der Waals surface area contributed by atoms with Crippen molar-refractivity contribution in [1.29, 1.82) is 0 Å². The Bertz CT molecular complexity index is 619. The summed E-state index contributed by atoms with van der Waals surface area (Å²) < 4.78 is 34.6. The Morgan fingerprint density at radius 3 is 2.94 bits per heavy atom. The molecule has 2 heterocycles. The molecule has 1 aliphatic heterocycles. The lowest BCUT2D eigenvalue weighted by Gasteiger charge is -2.16. The molecule has 94 valence electrons. The third-order valence-corrected chi connectivity index (χ3v) is 2.14. The topological polar surface area (TPSA) is 144 Å². The fraction of sp³-hybridized carbons (Fsp3) is 0.625. The van der Waals surface area contributed by atoms with Crippen LogP contribution in [0.25, 0.3) is 0 Å². The molecule has 0 bridgehead atoms. The SMILES string of the molecule is [2H]C([2H])(O)[C@@]1([2H])O[C@@H](n2cnc(N)nc2=O)[C@@H](O)C1([2H])O. The van der Waals surface area contributed by atoms with E-state index in [0.29, 0.717) is 4.57 Å². The van der Waals surface area contributed by atoms with E-state index >= 15 is 0 Å². The minimum Gasteiger partial charge on any atom is -0.394 e. The number of hydrogen-bond acceptors (Lipinski definition) is 8. The van der Waals surface area contributed by atoms with Gasteiger partial charge in [0, 0.05) is 0 Å². The van der Waals surface area contributed by atoms with E-state index in [-0.39, 0.29) is 5.95 Å². The van der Waals surface area contributed by atoms with Crippen LogP contribution in [-0.4, -0.2) is 54.7 Å². The minimum absolute atomic E-state index is 0.375. The molecule has 5 N–H and O–H groups in total. The molecule has 0 aromatic carbocycles. The Morgan fingerprint density at radius 2 is 2.41 bits per heavy atom. The molecule has 4 atom stereocenters. The summed E-state index contributed by atoms with van der Waals surface area (Å²) >= 11 is 0. The molecule has 1 aromatic rings. The van der Waals surface area contributed by atoms with Gasteiger partial charge in [0.25, 0.3) is 0 Å². The van der Waals surface area contributed by atoms with Crippen molar-refractivity contribution < 1.29 is 25.5 Å². The summed E-state index contributed by atoms with van der Waals surface area (Å²) in [4.78, 5) is 18.3. The second-order valence-corrected chi connectivity index (χ2v) is 3.18. The Morgan fingerprint density at radius 1 is 1.71 bits per heavy atom. The molecule has 0 amide bonds. The van der Waals surface area contributed by atoms with Crippen molar-refractivity contribution >= 4 is 5.95 Å². The third-order valence-electron chi connectivity index (χ3n) is 2.14. The van der Waals surface area contributed by atoms with E-state index in [9.17, 15) is 20.1 Å². The molecule has 0 radical (unpaired) electrons. The van der Waals surface area contributed by atoms with E-state index in [0.717, 1.165) is 6.33 Å². The zero-order valence-electron chi connectivity index (χ0n) is 12.3. The Balaban J connectivity index is 2.52. The van der Waals surface area contributed by atoms with Gasteiger partial charge in [0.1, 0.15) is 24.6 Å². The normalized spacial score (nSPS) is 45.8. The highest BCUT2D eigenvalue weighted by Crippen LogP contribution is 2.27.